The topological polar surface area (TPSA) is 24.5 Å². The molecule has 0 aliphatic carbocycles. The van der Waals surface area contributed by atoms with Crippen LogP contribution in [0.25, 0.3) is 0 Å². The number of nitrogens with one attached hydrogen (secondary N) is 1. The number of nitrogens with zero attached hydrogens (tertiary/aromatic N) is 1. The van der Waals surface area contributed by atoms with E-state index in [1.807, 2.05) is 7.05 Å². The van der Waals surface area contributed by atoms with Gasteiger partial charge >= 0.3 is 0 Å². The van der Waals surface area contributed by atoms with Crippen molar-refractivity contribution in [2.75, 3.05) is 31.7 Å². The number of likely N-dealkylation sites (N-methyl/N-ethyl adjacent to an activating group) is 1. The van der Waals surface area contributed by atoms with E-state index in [1.165, 1.54) is 17.7 Å². The minimum absolute atomic E-state index is 0.505. The van der Waals surface area contributed by atoms with Crippen molar-refractivity contribution in [3.8, 4) is 0 Å². The Morgan fingerprint density at radius 3 is 3.00 bits per heavy atom. The molecule has 2 aliphatic heterocycles. The highest BCUT2D eigenvalue weighted by molar-refractivity contribution is 5.59. The molecule has 1 N–H and O–H groups in total. The van der Waals surface area contributed by atoms with Crippen LogP contribution in [0.4, 0.5) is 5.69 Å². The molecule has 1 saturated heterocycles. The van der Waals surface area contributed by atoms with Crippen molar-refractivity contribution in [3.05, 3.63) is 29.8 Å². The molecule has 2 aliphatic rings. The number of benzene rings is 1. The molecule has 1 aromatic rings. The van der Waals surface area contributed by atoms with Gasteiger partial charge in [0, 0.05) is 30.2 Å². The minimum Gasteiger partial charge on any atom is -0.379 e. The highest BCUT2D eigenvalue weighted by Gasteiger charge is 2.33. The third-order valence-corrected chi connectivity index (χ3v) is 4.35. The molecule has 98 valence electrons. The smallest absolute Gasteiger partial charge is 0.0623 e. The van der Waals surface area contributed by atoms with Crippen molar-refractivity contribution in [1.82, 2.24) is 5.32 Å². The van der Waals surface area contributed by atoms with Crippen LogP contribution in [0.15, 0.2) is 24.3 Å². The van der Waals surface area contributed by atoms with Gasteiger partial charge in [-0.05, 0) is 32.0 Å². The van der Waals surface area contributed by atoms with Crippen LogP contribution >= 0.6 is 0 Å². The number of anilines is 1. The fourth-order valence-corrected chi connectivity index (χ4v) is 3.26. The van der Waals surface area contributed by atoms with Gasteiger partial charge in [0.2, 0.25) is 0 Å². The molecule has 3 nitrogen and oxygen atoms in total. The van der Waals surface area contributed by atoms with Gasteiger partial charge in [-0.15, -0.1) is 0 Å². The quantitative estimate of drug-likeness (QED) is 0.878. The average Bonchev–Trinajstić information content (AvgIpc) is 2.95. The summed E-state index contributed by atoms with van der Waals surface area (Å²) in [6.07, 6.45) is 1.17. The first kappa shape index (κ1) is 12.0. The van der Waals surface area contributed by atoms with Crippen molar-refractivity contribution >= 4 is 5.69 Å². The third kappa shape index (κ3) is 2.02. The molecule has 3 rings (SSSR count). The summed E-state index contributed by atoms with van der Waals surface area (Å²) in [5, 5.41) is 3.38. The number of hydrogen-bond acceptors (Lipinski definition) is 3. The molecule has 0 bridgehead atoms. The Kier molecular flexibility index (Phi) is 3.27. The van der Waals surface area contributed by atoms with Gasteiger partial charge in [-0.1, -0.05) is 18.2 Å². The summed E-state index contributed by atoms with van der Waals surface area (Å²) in [6.45, 7) is 5.16. The number of ether oxygens (including phenoxy) is 1. The molecular formula is C15H22N2O. The first-order valence-corrected chi connectivity index (χ1v) is 6.89. The van der Waals surface area contributed by atoms with Gasteiger partial charge in [0.25, 0.3) is 0 Å². The molecule has 3 heteroatoms. The number of para-hydroxylation sites is 1. The van der Waals surface area contributed by atoms with E-state index in [-0.39, 0.29) is 0 Å². The van der Waals surface area contributed by atoms with E-state index < -0.39 is 0 Å². The second-order valence-electron chi connectivity index (χ2n) is 5.53. The Balaban J connectivity index is 1.76. The van der Waals surface area contributed by atoms with Crippen molar-refractivity contribution in [1.29, 1.82) is 0 Å². The monoisotopic (exact) mass is 246 g/mol. The fourth-order valence-electron chi connectivity index (χ4n) is 3.26. The summed E-state index contributed by atoms with van der Waals surface area (Å²) in [6, 6.07) is 9.91. The second-order valence-corrected chi connectivity index (χ2v) is 5.53. The summed E-state index contributed by atoms with van der Waals surface area (Å²) in [7, 11) is 2.04. The van der Waals surface area contributed by atoms with Crippen molar-refractivity contribution in [3.63, 3.8) is 0 Å². The van der Waals surface area contributed by atoms with Crippen LogP contribution in [0.5, 0.6) is 0 Å². The molecule has 0 spiro atoms. The molecule has 1 fully saturated rings. The first-order valence-electron chi connectivity index (χ1n) is 6.89. The van der Waals surface area contributed by atoms with Crippen LogP contribution in [0.3, 0.4) is 0 Å². The lowest BCUT2D eigenvalue weighted by Gasteiger charge is -2.29. The molecular weight excluding hydrogens is 224 g/mol. The summed E-state index contributed by atoms with van der Waals surface area (Å²) in [5.74, 6) is 0.601. The van der Waals surface area contributed by atoms with Crippen LogP contribution < -0.4 is 10.2 Å². The highest BCUT2D eigenvalue weighted by atomic mass is 16.5. The minimum atomic E-state index is 0.505. The predicted octanol–water partition coefficient (Wildman–Crippen LogP) is 1.67. The fraction of sp³-hybridized carbons (Fsp3) is 0.600. The van der Waals surface area contributed by atoms with E-state index >= 15 is 0 Å². The lowest BCUT2D eigenvalue weighted by atomic mass is 10.0. The average molecular weight is 246 g/mol. The summed E-state index contributed by atoms with van der Waals surface area (Å²) < 4.78 is 5.60. The van der Waals surface area contributed by atoms with Crippen LogP contribution in [0.1, 0.15) is 12.5 Å². The van der Waals surface area contributed by atoms with Gasteiger partial charge in [0.05, 0.1) is 13.2 Å². The second kappa shape index (κ2) is 4.90. The molecule has 0 aromatic heterocycles. The Hall–Kier alpha value is -1.06. The molecule has 1 aromatic carbocycles. The van der Waals surface area contributed by atoms with Crippen LogP contribution in [0.2, 0.25) is 0 Å². The van der Waals surface area contributed by atoms with Gasteiger partial charge in [-0.3, -0.25) is 0 Å². The predicted molar refractivity (Wildman–Crippen MR) is 74.1 cm³/mol. The molecule has 18 heavy (non-hydrogen) atoms. The maximum atomic E-state index is 5.60. The van der Waals surface area contributed by atoms with Gasteiger partial charge in [-0.25, -0.2) is 0 Å². The standard InChI is InChI=1S/C15H22N2O/c1-11-7-12-5-3-4-6-15(12)17(11)8-13-9-18-10-14(13)16-2/h3-6,11,13-14,16H,7-10H2,1-2H3. The van der Waals surface area contributed by atoms with E-state index in [2.05, 4.69) is 41.4 Å². The van der Waals surface area contributed by atoms with E-state index in [0.29, 0.717) is 18.0 Å². The Bertz CT molecular complexity index is 421. The van der Waals surface area contributed by atoms with E-state index in [1.54, 1.807) is 0 Å². The normalized spacial score (nSPS) is 30.8. The SMILES string of the molecule is CNC1COCC1CN1c2ccccc2CC1C. The van der Waals surface area contributed by atoms with Crippen LogP contribution in [-0.2, 0) is 11.2 Å². The molecule has 0 amide bonds. The van der Waals surface area contributed by atoms with Gasteiger partial charge in [-0.2, -0.15) is 0 Å². The van der Waals surface area contributed by atoms with Crippen LogP contribution in [0, 0.1) is 5.92 Å². The van der Waals surface area contributed by atoms with E-state index in [0.717, 1.165) is 19.8 Å². The molecule has 0 radical (unpaired) electrons. The van der Waals surface area contributed by atoms with E-state index in [4.69, 9.17) is 4.74 Å². The lowest BCUT2D eigenvalue weighted by Crippen LogP contribution is -2.42. The Morgan fingerprint density at radius 2 is 2.17 bits per heavy atom. The van der Waals surface area contributed by atoms with Crippen molar-refractivity contribution in [2.24, 2.45) is 5.92 Å². The highest BCUT2D eigenvalue weighted by Crippen LogP contribution is 2.33. The molecule has 0 saturated carbocycles. The van der Waals surface area contributed by atoms with Crippen molar-refractivity contribution in [2.45, 2.75) is 25.4 Å². The van der Waals surface area contributed by atoms with Crippen molar-refractivity contribution < 1.29 is 4.74 Å². The zero-order valence-electron chi connectivity index (χ0n) is 11.2. The number of hydrogen-bond donors (Lipinski definition) is 1. The van der Waals surface area contributed by atoms with Crippen LogP contribution in [-0.4, -0.2) is 38.9 Å². The summed E-state index contributed by atoms with van der Waals surface area (Å²) in [4.78, 5) is 2.55. The largest absolute Gasteiger partial charge is 0.379 e. The Morgan fingerprint density at radius 1 is 1.33 bits per heavy atom. The number of rotatable bonds is 3. The summed E-state index contributed by atoms with van der Waals surface area (Å²) >= 11 is 0. The Labute approximate surface area is 109 Å². The van der Waals surface area contributed by atoms with Gasteiger partial charge in [0.15, 0.2) is 0 Å². The molecule has 3 unspecified atom stereocenters. The lowest BCUT2D eigenvalue weighted by molar-refractivity contribution is 0.183. The van der Waals surface area contributed by atoms with Gasteiger partial charge in [0.1, 0.15) is 0 Å². The van der Waals surface area contributed by atoms with Gasteiger partial charge < -0.3 is 15.0 Å². The summed E-state index contributed by atoms with van der Waals surface area (Å²) in [5.41, 5.74) is 2.91. The molecule has 2 heterocycles. The zero-order valence-corrected chi connectivity index (χ0v) is 11.2. The van der Waals surface area contributed by atoms with E-state index in [9.17, 15) is 0 Å². The third-order valence-electron chi connectivity index (χ3n) is 4.35. The molecule has 3 atom stereocenters. The maximum Gasteiger partial charge on any atom is 0.0623 e. The maximum absolute atomic E-state index is 5.60. The zero-order chi connectivity index (χ0) is 12.5. The number of fused-ring (bicyclic) bond motifs is 1. The first-order chi connectivity index (χ1) is 8.79.